The van der Waals surface area contributed by atoms with Gasteiger partial charge in [0.15, 0.2) is 0 Å². The van der Waals surface area contributed by atoms with Crippen molar-refractivity contribution in [3.8, 4) is 0 Å². The van der Waals surface area contributed by atoms with Gasteiger partial charge in [-0.1, -0.05) is 0 Å². The van der Waals surface area contributed by atoms with E-state index in [1.165, 1.54) is 0 Å². The molecule has 0 aromatic rings. The van der Waals surface area contributed by atoms with Gasteiger partial charge in [0, 0.05) is 50.6 Å². The number of hydrogen-bond acceptors (Lipinski definition) is 0. The smallest absolute Gasteiger partial charge is 0 e. The van der Waals surface area contributed by atoms with Crippen molar-refractivity contribution >= 4 is 9.90 Å². The van der Waals surface area contributed by atoms with Gasteiger partial charge in [-0.2, -0.15) is 9.90 Å². The molecule has 0 bridgehead atoms. The van der Waals surface area contributed by atoms with Crippen LogP contribution >= 0.6 is 9.90 Å². The summed E-state index contributed by atoms with van der Waals surface area (Å²) in [5.74, 6) is 0. The van der Waals surface area contributed by atoms with Crippen molar-refractivity contribution < 1.29 is 50.6 Å². The van der Waals surface area contributed by atoms with E-state index in [1.54, 1.807) is 0 Å². The minimum atomic E-state index is 0. The molecule has 0 radical (unpaired) electrons. The van der Waals surface area contributed by atoms with Crippen molar-refractivity contribution in [1.29, 1.82) is 0 Å². The Kier molecular flexibility index (Phi) is 193. The van der Waals surface area contributed by atoms with Crippen molar-refractivity contribution in [3.63, 3.8) is 0 Å². The molecular formula is H3Fe2NiP. The van der Waals surface area contributed by atoms with Gasteiger partial charge in [-0.15, -0.1) is 0 Å². The molecule has 0 saturated carbocycles. The Labute approximate surface area is 60.4 Å². The third kappa shape index (κ3) is 9.03. The van der Waals surface area contributed by atoms with Crippen molar-refractivity contribution in [2.24, 2.45) is 0 Å². The van der Waals surface area contributed by atoms with Crippen molar-refractivity contribution in [1.82, 2.24) is 0 Å². The van der Waals surface area contributed by atoms with Gasteiger partial charge < -0.3 is 0 Å². The van der Waals surface area contributed by atoms with E-state index in [1.807, 2.05) is 0 Å². The SMILES string of the molecule is P.[Fe].[Fe].[Ni]. The summed E-state index contributed by atoms with van der Waals surface area (Å²) >= 11 is 0. The summed E-state index contributed by atoms with van der Waals surface area (Å²) in [6.07, 6.45) is 0. The second-order valence-electron chi connectivity index (χ2n) is 0. The van der Waals surface area contributed by atoms with Crippen LogP contribution in [0.4, 0.5) is 0 Å². The van der Waals surface area contributed by atoms with E-state index in [0.717, 1.165) is 0 Å². The van der Waals surface area contributed by atoms with Crippen molar-refractivity contribution in [2.45, 2.75) is 0 Å². The average Bonchev–Trinajstić information content (AvgIpc) is 0. The molecule has 4 heteroatoms. The molecule has 0 N–H and O–H groups in total. The van der Waals surface area contributed by atoms with Crippen LogP contribution in [0, 0.1) is 0 Å². The minimum absolute atomic E-state index is 0. The Hall–Kier alpha value is 1.96. The maximum atomic E-state index is 0. The van der Waals surface area contributed by atoms with Gasteiger partial charge >= 0.3 is 0 Å². The zero-order chi connectivity index (χ0) is 0. The zero-order valence-corrected chi connectivity index (χ0v) is 6.34. The van der Waals surface area contributed by atoms with Crippen LogP contribution in [-0.4, -0.2) is 0 Å². The van der Waals surface area contributed by atoms with Crippen LogP contribution < -0.4 is 0 Å². The molecular weight excluding hydrogens is 201 g/mol. The molecule has 0 heterocycles. The summed E-state index contributed by atoms with van der Waals surface area (Å²) in [5, 5.41) is 0. The van der Waals surface area contributed by atoms with Crippen LogP contribution in [0.1, 0.15) is 0 Å². The predicted octanol–water partition coefficient (Wildman–Crippen LogP) is 0.0506. The maximum Gasteiger partial charge on any atom is 0 e. The van der Waals surface area contributed by atoms with Gasteiger partial charge in [0.2, 0.25) is 0 Å². The van der Waals surface area contributed by atoms with Gasteiger partial charge in [0.05, 0.1) is 0 Å². The summed E-state index contributed by atoms with van der Waals surface area (Å²) in [4.78, 5) is 0. The quantitative estimate of drug-likeness (QED) is 0.386. The Bertz CT molecular complexity index is 6.00. The van der Waals surface area contributed by atoms with E-state index in [9.17, 15) is 0 Å². The van der Waals surface area contributed by atoms with E-state index in [2.05, 4.69) is 0 Å². The minimum Gasteiger partial charge on any atom is -0.153 e. The third-order valence-corrected chi connectivity index (χ3v) is 0. The second kappa shape index (κ2) is 20.2. The average molecular weight is 204 g/mol. The molecule has 0 fully saturated rings. The van der Waals surface area contributed by atoms with E-state index < -0.39 is 0 Å². The number of rotatable bonds is 0. The van der Waals surface area contributed by atoms with Gasteiger partial charge in [-0.3, -0.25) is 0 Å². The third-order valence-electron chi connectivity index (χ3n) is 0. The standard InChI is InChI=1S/2Fe.Ni.H3P/h;;;1H3. The van der Waals surface area contributed by atoms with E-state index >= 15 is 0 Å². The first-order chi connectivity index (χ1) is 0. The first kappa shape index (κ1) is 38.1. The van der Waals surface area contributed by atoms with Crippen LogP contribution in [-0.2, 0) is 50.6 Å². The molecule has 0 saturated heterocycles. The van der Waals surface area contributed by atoms with Crippen LogP contribution in [0.5, 0.6) is 0 Å². The summed E-state index contributed by atoms with van der Waals surface area (Å²) in [5.41, 5.74) is 0. The zero-order valence-electron chi connectivity index (χ0n) is 1.73. The van der Waals surface area contributed by atoms with Crippen LogP contribution in [0.15, 0.2) is 0 Å². The van der Waals surface area contributed by atoms with Crippen LogP contribution in [0.2, 0.25) is 0 Å². The molecule has 0 amide bonds. The summed E-state index contributed by atoms with van der Waals surface area (Å²) in [6.45, 7) is 0. The van der Waals surface area contributed by atoms with E-state index in [-0.39, 0.29) is 60.5 Å². The molecule has 0 aliphatic heterocycles. The molecule has 0 nitrogen and oxygen atoms in total. The predicted molar refractivity (Wildman–Crippen MR) is 11.1 cm³/mol. The topological polar surface area (TPSA) is 0 Å². The first-order valence-electron chi connectivity index (χ1n) is 0. The molecule has 0 aromatic heterocycles. The molecule has 34 valence electrons. The molecule has 1 unspecified atom stereocenters. The number of hydrogen-bond donors (Lipinski definition) is 0. The molecule has 1 atom stereocenters. The second-order valence-corrected chi connectivity index (χ2v) is 0. The summed E-state index contributed by atoms with van der Waals surface area (Å²) < 4.78 is 0. The Morgan fingerprint density at radius 2 is 0.750 bits per heavy atom. The van der Waals surface area contributed by atoms with Crippen LogP contribution in [0.25, 0.3) is 0 Å². The largest absolute Gasteiger partial charge is 0.153 e. The fourth-order valence-electron chi connectivity index (χ4n) is 0. The Morgan fingerprint density at radius 3 is 0.750 bits per heavy atom. The molecule has 0 aliphatic carbocycles. The maximum absolute atomic E-state index is 0. The molecule has 0 aromatic carbocycles. The molecule has 0 spiro atoms. The van der Waals surface area contributed by atoms with E-state index in [0.29, 0.717) is 0 Å². The Balaban J connectivity index is 0. The summed E-state index contributed by atoms with van der Waals surface area (Å²) in [7, 11) is 0. The molecule has 0 aliphatic rings. The summed E-state index contributed by atoms with van der Waals surface area (Å²) in [6, 6.07) is 0. The van der Waals surface area contributed by atoms with Crippen molar-refractivity contribution in [3.05, 3.63) is 0 Å². The first-order valence-corrected chi connectivity index (χ1v) is 0. The monoisotopic (exact) mass is 204 g/mol. The van der Waals surface area contributed by atoms with Gasteiger partial charge in [-0.25, -0.2) is 0 Å². The normalized spacial score (nSPS) is 0. The van der Waals surface area contributed by atoms with Crippen molar-refractivity contribution in [2.75, 3.05) is 0 Å². The molecule has 4 heavy (non-hydrogen) atoms. The van der Waals surface area contributed by atoms with Gasteiger partial charge in [-0.05, 0) is 0 Å². The Morgan fingerprint density at radius 1 is 0.750 bits per heavy atom. The van der Waals surface area contributed by atoms with Gasteiger partial charge in [0.1, 0.15) is 0 Å². The van der Waals surface area contributed by atoms with Gasteiger partial charge in [0.25, 0.3) is 0 Å². The van der Waals surface area contributed by atoms with Crippen LogP contribution in [0.3, 0.4) is 0 Å². The fourth-order valence-corrected chi connectivity index (χ4v) is 0. The molecule has 0 rings (SSSR count). The fraction of sp³-hybridized carbons (Fsp3) is 0. The van der Waals surface area contributed by atoms with E-state index in [4.69, 9.17) is 0 Å².